The first kappa shape index (κ1) is 17.3. The molecule has 5 nitrogen and oxygen atoms in total. The maximum absolute atomic E-state index is 13.0. The van der Waals surface area contributed by atoms with E-state index < -0.39 is 0 Å². The molecule has 2 N–H and O–H groups in total. The maximum Gasteiger partial charge on any atom is 0.254 e. The lowest BCUT2D eigenvalue weighted by atomic mass is 10.1. The molecule has 5 heteroatoms. The second kappa shape index (κ2) is 6.58. The van der Waals surface area contributed by atoms with Crippen molar-refractivity contribution >= 4 is 27.7 Å². The van der Waals surface area contributed by atoms with Gasteiger partial charge in [-0.05, 0) is 58.0 Å². The summed E-state index contributed by atoms with van der Waals surface area (Å²) in [5, 5.41) is 9.62. The molecule has 2 aromatic heterocycles. The molecule has 2 aromatic carbocycles. The molecule has 0 saturated carbocycles. The van der Waals surface area contributed by atoms with Crippen molar-refractivity contribution in [2.45, 2.75) is 39.8 Å². The van der Waals surface area contributed by atoms with Crippen molar-refractivity contribution in [3.63, 3.8) is 0 Å². The predicted octanol–water partition coefficient (Wildman–Crippen LogP) is 4.97. The number of amides is 1. The summed E-state index contributed by atoms with van der Waals surface area (Å²) in [6.07, 6.45) is 0. The Balaban J connectivity index is 1.75. The Morgan fingerprint density at radius 2 is 1.70 bits per heavy atom. The number of carbonyl (C=O) groups is 1. The number of aromatic nitrogens is 3. The normalized spacial score (nSPS) is 11.8. The Hall–Kier alpha value is -3.08. The van der Waals surface area contributed by atoms with Crippen molar-refractivity contribution < 1.29 is 4.79 Å². The molecule has 0 aliphatic carbocycles. The average Bonchev–Trinajstić information content (AvgIpc) is 3.23. The van der Waals surface area contributed by atoms with Gasteiger partial charge in [-0.15, -0.1) is 0 Å². The third kappa shape index (κ3) is 2.99. The van der Waals surface area contributed by atoms with Gasteiger partial charge in [0.25, 0.3) is 5.91 Å². The quantitative estimate of drug-likeness (QED) is 0.540. The molecule has 0 saturated heterocycles. The molecule has 0 fully saturated rings. The molecule has 0 spiro atoms. The van der Waals surface area contributed by atoms with Crippen LogP contribution in [0, 0.1) is 0 Å². The third-order valence-electron chi connectivity index (χ3n) is 4.94. The van der Waals surface area contributed by atoms with Crippen LogP contribution in [0.15, 0.2) is 48.5 Å². The van der Waals surface area contributed by atoms with Gasteiger partial charge in [-0.1, -0.05) is 18.2 Å². The van der Waals surface area contributed by atoms with Crippen LogP contribution >= 0.6 is 0 Å². The van der Waals surface area contributed by atoms with Crippen molar-refractivity contribution in [1.29, 1.82) is 0 Å². The number of hydrogen-bond acceptors (Lipinski definition) is 2. The lowest BCUT2D eigenvalue weighted by molar-refractivity contribution is 0.0644. The fourth-order valence-electron chi connectivity index (χ4n) is 3.78. The number of para-hydroxylation sites is 1. The van der Waals surface area contributed by atoms with Crippen LogP contribution in [-0.4, -0.2) is 38.1 Å². The Bertz CT molecular complexity index is 1110. The molecule has 0 radical (unpaired) electrons. The lowest BCUT2D eigenvalue weighted by Crippen LogP contribution is -2.42. The topological polar surface area (TPSA) is 64.8 Å². The summed E-state index contributed by atoms with van der Waals surface area (Å²) in [6, 6.07) is 16.3. The molecule has 4 aromatic rings. The summed E-state index contributed by atoms with van der Waals surface area (Å²) >= 11 is 0. The van der Waals surface area contributed by atoms with Gasteiger partial charge >= 0.3 is 0 Å². The van der Waals surface area contributed by atoms with E-state index in [9.17, 15) is 4.79 Å². The zero-order valence-electron chi connectivity index (χ0n) is 16.1. The monoisotopic (exact) mass is 360 g/mol. The van der Waals surface area contributed by atoms with Crippen molar-refractivity contribution in [3.05, 3.63) is 54.1 Å². The Labute approximate surface area is 158 Å². The smallest absolute Gasteiger partial charge is 0.254 e. The summed E-state index contributed by atoms with van der Waals surface area (Å²) in [5.41, 5.74) is 4.54. The number of nitrogens with one attached hydrogen (secondary N) is 2. The first-order valence-corrected chi connectivity index (χ1v) is 9.34. The molecule has 0 atom stereocenters. The predicted molar refractivity (Wildman–Crippen MR) is 110 cm³/mol. The van der Waals surface area contributed by atoms with E-state index >= 15 is 0 Å². The molecule has 0 aliphatic rings. The van der Waals surface area contributed by atoms with Crippen LogP contribution in [0.4, 0.5) is 0 Å². The zero-order valence-corrected chi connectivity index (χ0v) is 16.1. The summed E-state index contributed by atoms with van der Waals surface area (Å²) in [7, 11) is 0. The van der Waals surface area contributed by atoms with Gasteiger partial charge in [0.2, 0.25) is 0 Å². The molecular formula is C22H24N4O. The lowest BCUT2D eigenvalue weighted by Gasteiger charge is -2.30. The van der Waals surface area contributed by atoms with Crippen LogP contribution < -0.4 is 0 Å². The van der Waals surface area contributed by atoms with Gasteiger partial charge < -0.3 is 9.88 Å². The molecular weight excluding hydrogens is 336 g/mol. The minimum Gasteiger partial charge on any atom is -0.353 e. The fraction of sp³-hybridized carbons (Fsp3) is 0.273. The molecule has 0 aliphatic heterocycles. The van der Waals surface area contributed by atoms with Crippen LogP contribution in [0.3, 0.4) is 0 Å². The van der Waals surface area contributed by atoms with E-state index in [1.54, 1.807) is 0 Å². The van der Waals surface area contributed by atoms with Crippen LogP contribution in [0.25, 0.3) is 33.2 Å². The van der Waals surface area contributed by atoms with Gasteiger partial charge in [0.1, 0.15) is 5.69 Å². The molecule has 2 heterocycles. The molecule has 0 unspecified atom stereocenters. The van der Waals surface area contributed by atoms with E-state index in [2.05, 4.69) is 27.3 Å². The minimum absolute atomic E-state index is 0.0647. The van der Waals surface area contributed by atoms with Crippen LogP contribution in [0.5, 0.6) is 0 Å². The van der Waals surface area contributed by atoms with Gasteiger partial charge in [0.05, 0.1) is 11.2 Å². The highest BCUT2D eigenvalue weighted by Gasteiger charge is 2.22. The van der Waals surface area contributed by atoms with Gasteiger partial charge in [-0.3, -0.25) is 9.89 Å². The van der Waals surface area contributed by atoms with Gasteiger partial charge in [-0.2, -0.15) is 5.10 Å². The highest BCUT2D eigenvalue weighted by molar-refractivity contribution is 6.00. The molecule has 27 heavy (non-hydrogen) atoms. The second-order valence-corrected chi connectivity index (χ2v) is 7.50. The number of fused-ring (bicyclic) bond motifs is 2. The average molecular weight is 360 g/mol. The summed E-state index contributed by atoms with van der Waals surface area (Å²) in [5.74, 6) is 0.0647. The number of hydrogen-bond donors (Lipinski definition) is 2. The zero-order chi connectivity index (χ0) is 19.1. The van der Waals surface area contributed by atoms with E-state index in [0.717, 1.165) is 33.2 Å². The molecule has 0 bridgehead atoms. The van der Waals surface area contributed by atoms with Crippen molar-refractivity contribution in [3.8, 4) is 11.4 Å². The first-order chi connectivity index (χ1) is 13.0. The van der Waals surface area contributed by atoms with E-state index in [1.807, 2.05) is 69.0 Å². The van der Waals surface area contributed by atoms with Crippen LogP contribution in [0.2, 0.25) is 0 Å². The largest absolute Gasteiger partial charge is 0.353 e. The summed E-state index contributed by atoms with van der Waals surface area (Å²) < 4.78 is 0. The third-order valence-corrected chi connectivity index (χ3v) is 4.94. The molecule has 138 valence electrons. The number of H-pyrrole nitrogens is 2. The number of carbonyl (C=O) groups excluding carboxylic acids is 1. The van der Waals surface area contributed by atoms with Gasteiger partial charge in [0.15, 0.2) is 0 Å². The highest BCUT2D eigenvalue weighted by atomic mass is 16.2. The van der Waals surface area contributed by atoms with Crippen LogP contribution in [0.1, 0.15) is 38.1 Å². The number of nitrogens with zero attached hydrogens (tertiary/aromatic N) is 2. The maximum atomic E-state index is 13.0. The van der Waals surface area contributed by atoms with Gasteiger partial charge in [-0.25, -0.2) is 0 Å². The Morgan fingerprint density at radius 3 is 2.44 bits per heavy atom. The number of benzene rings is 2. The van der Waals surface area contributed by atoms with Gasteiger partial charge in [0, 0.05) is 33.9 Å². The molecule has 4 rings (SSSR count). The van der Waals surface area contributed by atoms with Crippen molar-refractivity contribution in [2.75, 3.05) is 0 Å². The number of rotatable bonds is 4. The molecule has 1 amide bonds. The number of aromatic amines is 2. The second-order valence-electron chi connectivity index (χ2n) is 7.50. The SMILES string of the molecule is CC(C)N(C(=O)c1ccc2[nH]c(-c3n[nH]c4ccccc34)cc2c1)C(C)C. The standard InChI is InChI=1S/C22H24N4O/c1-13(2)26(14(3)4)22(27)15-9-10-18-16(11-15)12-20(23-18)21-17-7-5-6-8-19(17)24-25-21/h5-14,23H,1-4H3,(H,24,25). The van der Waals surface area contributed by atoms with Crippen molar-refractivity contribution in [2.24, 2.45) is 0 Å². The minimum atomic E-state index is 0.0647. The van der Waals surface area contributed by atoms with E-state index in [1.165, 1.54) is 0 Å². The summed E-state index contributed by atoms with van der Waals surface area (Å²) in [4.78, 5) is 18.3. The Kier molecular flexibility index (Phi) is 4.22. The van der Waals surface area contributed by atoms with Crippen molar-refractivity contribution in [1.82, 2.24) is 20.1 Å². The highest BCUT2D eigenvalue weighted by Crippen LogP contribution is 2.29. The van der Waals surface area contributed by atoms with E-state index in [0.29, 0.717) is 5.56 Å². The first-order valence-electron chi connectivity index (χ1n) is 9.34. The summed E-state index contributed by atoms with van der Waals surface area (Å²) in [6.45, 7) is 8.20. The van der Waals surface area contributed by atoms with E-state index in [4.69, 9.17) is 0 Å². The fourth-order valence-corrected chi connectivity index (χ4v) is 3.78. The Morgan fingerprint density at radius 1 is 0.963 bits per heavy atom. The van der Waals surface area contributed by atoms with Crippen LogP contribution in [-0.2, 0) is 0 Å². The van der Waals surface area contributed by atoms with E-state index in [-0.39, 0.29) is 18.0 Å².